The molecule has 1 aliphatic carbocycles. The highest BCUT2D eigenvalue weighted by molar-refractivity contribution is 5.83. The molecule has 0 aliphatic heterocycles. The van der Waals surface area contributed by atoms with Gasteiger partial charge in [0.15, 0.2) is 6.29 Å². The second kappa shape index (κ2) is 5.16. The molecule has 0 unspecified atom stereocenters. The fourth-order valence-corrected chi connectivity index (χ4v) is 2.03. The molecule has 1 fully saturated rings. The monoisotopic (exact) mass is 248 g/mol. The van der Waals surface area contributed by atoms with Gasteiger partial charge in [-0.25, -0.2) is 0 Å². The minimum Gasteiger partial charge on any atom is -0.372 e. The Morgan fingerprint density at radius 2 is 2.22 bits per heavy atom. The quantitative estimate of drug-likeness (QED) is 0.441. The molecule has 2 rings (SSSR count). The van der Waals surface area contributed by atoms with E-state index in [9.17, 15) is 14.9 Å². The van der Waals surface area contributed by atoms with E-state index in [4.69, 9.17) is 0 Å². The molecule has 1 saturated carbocycles. The van der Waals surface area contributed by atoms with Crippen molar-refractivity contribution in [2.75, 3.05) is 18.0 Å². The van der Waals surface area contributed by atoms with Gasteiger partial charge in [-0.1, -0.05) is 0 Å². The van der Waals surface area contributed by atoms with Crippen molar-refractivity contribution in [1.82, 2.24) is 0 Å². The second-order valence-corrected chi connectivity index (χ2v) is 4.60. The van der Waals surface area contributed by atoms with Gasteiger partial charge in [0.25, 0.3) is 5.69 Å². The summed E-state index contributed by atoms with van der Waals surface area (Å²) < 4.78 is 0. The van der Waals surface area contributed by atoms with E-state index >= 15 is 0 Å². The Morgan fingerprint density at radius 1 is 1.50 bits per heavy atom. The van der Waals surface area contributed by atoms with Gasteiger partial charge in [-0.05, 0) is 37.8 Å². The lowest BCUT2D eigenvalue weighted by Gasteiger charge is -2.23. The molecule has 1 aliphatic rings. The molecule has 5 heteroatoms. The third kappa shape index (κ3) is 2.67. The number of carbonyl (C=O) groups is 1. The number of nitro groups is 1. The largest absolute Gasteiger partial charge is 0.372 e. The van der Waals surface area contributed by atoms with Crippen LogP contribution in [0, 0.1) is 16.0 Å². The SMILES string of the molecule is CCN(CC1CC1)c1ccc([N+](=O)[O-])c(C=O)c1. The average molecular weight is 248 g/mol. The summed E-state index contributed by atoms with van der Waals surface area (Å²) in [5, 5.41) is 10.8. The van der Waals surface area contributed by atoms with Gasteiger partial charge in [-0.15, -0.1) is 0 Å². The van der Waals surface area contributed by atoms with E-state index in [2.05, 4.69) is 4.90 Å². The molecule has 18 heavy (non-hydrogen) atoms. The summed E-state index contributed by atoms with van der Waals surface area (Å²) in [5.74, 6) is 0.736. The molecule has 0 N–H and O–H groups in total. The molecule has 0 spiro atoms. The zero-order chi connectivity index (χ0) is 13.1. The van der Waals surface area contributed by atoms with E-state index in [0.717, 1.165) is 24.7 Å². The van der Waals surface area contributed by atoms with Crippen LogP contribution in [0.2, 0.25) is 0 Å². The zero-order valence-electron chi connectivity index (χ0n) is 10.3. The standard InChI is InChI=1S/C13H16N2O3/c1-2-14(8-10-3-4-10)12-5-6-13(15(17)18)11(7-12)9-16/h5-7,9-10H,2-4,8H2,1H3. The summed E-state index contributed by atoms with van der Waals surface area (Å²) in [6.07, 6.45) is 3.06. The van der Waals surface area contributed by atoms with Crippen LogP contribution in [0.25, 0.3) is 0 Å². The number of benzene rings is 1. The van der Waals surface area contributed by atoms with Crippen molar-refractivity contribution in [3.63, 3.8) is 0 Å². The van der Waals surface area contributed by atoms with E-state index < -0.39 is 4.92 Å². The van der Waals surface area contributed by atoms with Gasteiger partial charge in [-0.3, -0.25) is 14.9 Å². The number of anilines is 1. The predicted octanol–water partition coefficient (Wildman–Crippen LogP) is 2.64. The van der Waals surface area contributed by atoms with Gasteiger partial charge in [0, 0.05) is 24.8 Å². The topological polar surface area (TPSA) is 63.4 Å². The maximum Gasteiger partial charge on any atom is 0.280 e. The Labute approximate surface area is 106 Å². The van der Waals surface area contributed by atoms with Crippen LogP contribution >= 0.6 is 0 Å². The first kappa shape index (κ1) is 12.5. The van der Waals surface area contributed by atoms with Crippen LogP contribution in [0.5, 0.6) is 0 Å². The lowest BCUT2D eigenvalue weighted by atomic mass is 10.1. The minimum atomic E-state index is -0.523. The van der Waals surface area contributed by atoms with Gasteiger partial charge in [-0.2, -0.15) is 0 Å². The molecule has 0 radical (unpaired) electrons. The van der Waals surface area contributed by atoms with Crippen LogP contribution in [0.4, 0.5) is 11.4 Å². The van der Waals surface area contributed by atoms with E-state index in [-0.39, 0.29) is 11.3 Å². The number of aldehydes is 1. The fourth-order valence-electron chi connectivity index (χ4n) is 2.03. The van der Waals surface area contributed by atoms with Crippen molar-refractivity contribution in [2.24, 2.45) is 5.92 Å². The molecular weight excluding hydrogens is 232 g/mol. The number of hydrogen-bond acceptors (Lipinski definition) is 4. The van der Waals surface area contributed by atoms with Crippen molar-refractivity contribution >= 4 is 17.7 Å². The lowest BCUT2D eigenvalue weighted by Crippen LogP contribution is -2.25. The second-order valence-electron chi connectivity index (χ2n) is 4.60. The molecule has 1 aromatic rings. The third-order valence-electron chi connectivity index (χ3n) is 3.26. The lowest BCUT2D eigenvalue weighted by molar-refractivity contribution is -0.385. The fraction of sp³-hybridized carbons (Fsp3) is 0.462. The molecule has 0 amide bonds. The first-order valence-corrected chi connectivity index (χ1v) is 6.14. The van der Waals surface area contributed by atoms with Crippen molar-refractivity contribution in [3.05, 3.63) is 33.9 Å². The first-order chi connectivity index (χ1) is 8.65. The number of nitro benzene ring substituents is 1. The predicted molar refractivity (Wildman–Crippen MR) is 69.1 cm³/mol. The van der Waals surface area contributed by atoms with Gasteiger partial charge in [0.1, 0.15) is 0 Å². The van der Waals surface area contributed by atoms with E-state index in [1.54, 1.807) is 12.1 Å². The van der Waals surface area contributed by atoms with Crippen LogP contribution in [0.3, 0.4) is 0 Å². The summed E-state index contributed by atoms with van der Waals surface area (Å²) in [6, 6.07) is 4.74. The first-order valence-electron chi connectivity index (χ1n) is 6.14. The number of rotatable bonds is 6. The Bertz CT molecular complexity index is 469. The molecule has 1 aromatic carbocycles. The highest BCUT2D eigenvalue weighted by Gasteiger charge is 2.24. The molecular formula is C13H16N2O3. The molecule has 0 atom stereocenters. The molecule has 0 aromatic heterocycles. The smallest absolute Gasteiger partial charge is 0.280 e. The zero-order valence-corrected chi connectivity index (χ0v) is 10.3. The summed E-state index contributed by atoms with van der Waals surface area (Å²) >= 11 is 0. The Hall–Kier alpha value is -1.91. The maximum absolute atomic E-state index is 10.9. The van der Waals surface area contributed by atoms with Crippen LogP contribution < -0.4 is 4.90 Å². The molecule has 0 bridgehead atoms. The summed E-state index contributed by atoms with van der Waals surface area (Å²) in [6.45, 7) is 3.85. The summed E-state index contributed by atoms with van der Waals surface area (Å²) in [4.78, 5) is 23.3. The number of carbonyl (C=O) groups excluding carboxylic acids is 1. The van der Waals surface area contributed by atoms with Gasteiger partial charge in [0.2, 0.25) is 0 Å². The highest BCUT2D eigenvalue weighted by atomic mass is 16.6. The summed E-state index contributed by atoms with van der Waals surface area (Å²) in [7, 11) is 0. The van der Waals surface area contributed by atoms with Crippen LogP contribution in [-0.4, -0.2) is 24.3 Å². The van der Waals surface area contributed by atoms with Gasteiger partial charge in [0.05, 0.1) is 10.5 Å². The third-order valence-corrected chi connectivity index (χ3v) is 3.26. The van der Waals surface area contributed by atoms with E-state index in [0.29, 0.717) is 6.29 Å². The number of nitrogens with zero attached hydrogens (tertiary/aromatic N) is 2. The van der Waals surface area contributed by atoms with E-state index in [1.807, 2.05) is 6.92 Å². The molecule has 0 heterocycles. The van der Waals surface area contributed by atoms with Crippen LogP contribution in [-0.2, 0) is 0 Å². The maximum atomic E-state index is 10.9. The minimum absolute atomic E-state index is 0.128. The van der Waals surface area contributed by atoms with Crippen molar-refractivity contribution in [1.29, 1.82) is 0 Å². The van der Waals surface area contributed by atoms with E-state index in [1.165, 1.54) is 18.9 Å². The van der Waals surface area contributed by atoms with Crippen molar-refractivity contribution < 1.29 is 9.72 Å². The molecule has 96 valence electrons. The summed E-state index contributed by atoms with van der Waals surface area (Å²) in [5.41, 5.74) is 0.903. The van der Waals surface area contributed by atoms with Gasteiger partial charge >= 0.3 is 0 Å². The van der Waals surface area contributed by atoms with Crippen LogP contribution in [0.1, 0.15) is 30.1 Å². The van der Waals surface area contributed by atoms with Crippen molar-refractivity contribution in [3.8, 4) is 0 Å². The average Bonchev–Trinajstić information content (AvgIpc) is 3.19. The Kier molecular flexibility index (Phi) is 3.60. The molecule has 0 saturated heterocycles. The van der Waals surface area contributed by atoms with Crippen molar-refractivity contribution in [2.45, 2.75) is 19.8 Å². The Morgan fingerprint density at radius 3 is 2.72 bits per heavy atom. The normalized spacial score (nSPS) is 14.3. The molecule has 5 nitrogen and oxygen atoms in total. The number of hydrogen-bond donors (Lipinski definition) is 0. The Balaban J connectivity index is 2.26. The van der Waals surface area contributed by atoms with Crippen LogP contribution in [0.15, 0.2) is 18.2 Å². The highest BCUT2D eigenvalue weighted by Crippen LogP contribution is 2.32. The van der Waals surface area contributed by atoms with Gasteiger partial charge < -0.3 is 4.90 Å².